The lowest BCUT2D eigenvalue weighted by Crippen LogP contribution is -2.35. The highest BCUT2D eigenvalue weighted by Crippen LogP contribution is 2.17. The second kappa shape index (κ2) is 10.6. The average Bonchev–Trinajstić information content (AvgIpc) is 2.71. The van der Waals surface area contributed by atoms with Crippen LogP contribution in [0.5, 0.6) is 11.5 Å². The number of nitrogens with zero attached hydrogens (tertiary/aromatic N) is 2. The molecular weight excluding hydrogens is 358 g/mol. The van der Waals surface area contributed by atoms with Gasteiger partial charge in [-0.1, -0.05) is 12.1 Å². The Morgan fingerprint density at radius 3 is 2.39 bits per heavy atom. The zero-order valence-corrected chi connectivity index (χ0v) is 16.0. The SMILES string of the molecule is COc1ccc(OCCN(CCC(=O)Nc2ccccc2C#N)C(C)=O)cc1. The molecule has 2 aromatic carbocycles. The Hall–Kier alpha value is -3.53. The summed E-state index contributed by atoms with van der Waals surface area (Å²) in [6, 6.07) is 16.0. The number of nitrogens with one attached hydrogen (secondary N) is 1. The molecular formula is C21H23N3O4. The van der Waals surface area contributed by atoms with Crippen molar-refractivity contribution in [3.05, 3.63) is 54.1 Å². The van der Waals surface area contributed by atoms with Gasteiger partial charge >= 0.3 is 0 Å². The number of hydrogen-bond donors (Lipinski definition) is 1. The number of anilines is 1. The monoisotopic (exact) mass is 381 g/mol. The number of amides is 2. The van der Waals surface area contributed by atoms with Gasteiger partial charge in [-0.05, 0) is 36.4 Å². The van der Waals surface area contributed by atoms with Crippen LogP contribution in [0.2, 0.25) is 0 Å². The highest BCUT2D eigenvalue weighted by molar-refractivity contribution is 5.92. The number of methoxy groups -OCH3 is 1. The Morgan fingerprint density at radius 1 is 1.07 bits per heavy atom. The third-order valence-corrected chi connectivity index (χ3v) is 4.07. The maximum Gasteiger partial charge on any atom is 0.226 e. The molecule has 0 saturated carbocycles. The number of rotatable bonds is 9. The van der Waals surface area contributed by atoms with Gasteiger partial charge in [-0.3, -0.25) is 9.59 Å². The van der Waals surface area contributed by atoms with E-state index in [0.717, 1.165) is 5.75 Å². The molecule has 2 aromatic rings. The van der Waals surface area contributed by atoms with Crippen LogP contribution in [-0.2, 0) is 9.59 Å². The first-order valence-electron chi connectivity index (χ1n) is 8.85. The lowest BCUT2D eigenvalue weighted by molar-refractivity contribution is -0.129. The Balaban J connectivity index is 1.81. The molecule has 0 aliphatic rings. The van der Waals surface area contributed by atoms with Crippen molar-refractivity contribution in [1.29, 1.82) is 5.26 Å². The van der Waals surface area contributed by atoms with Crippen LogP contribution in [0, 0.1) is 11.3 Å². The first-order chi connectivity index (χ1) is 13.5. The van der Waals surface area contributed by atoms with Gasteiger partial charge in [0.05, 0.1) is 24.9 Å². The molecule has 0 aliphatic carbocycles. The number of carbonyl (C=O) groups is 2. The molecule has 1 N–H and O–H groups in total. The fraction of sp³-hybridized carbons (Fsp3) is 0.286. The molecule has 0 spiro atoms. The number of nitriles is 1. The number of hydrogen-bond acceptors (Lipinski definition) is 5. The van der Waals surface area contributed by atoms with Gasteiger partial charge in [-0.2, -0.15) is 5.26 Å². The van der Waals surface area contributed by atoms with E-state index in [1.54, 1.807) is 60.5 Å². The zero-order valence-electron chi connectivity index (χ0n) is 16.0. The maximum absolute atomic E-state index is 12.2. The second-order valence-corrected chi connectivity index (χ2v) is 5.99. The fourth-order valence-electron chi connectivity index (χ4n) is 2.51. The van der Waals surface area contributed by atoms with E-state index in [2.05, 4.69) is 5.32 Å². The van der Waals surface area contributed by atoms with Gasteiger partial charge in [0, 0.05) is 19.9 Å². The van der Waals surface area contributed by atoms with Gasteiger partial charge in [0.2, 0.25) is 11.8 Å². The minimum absolute atomic E-state index is 0.127. The number of para-hydroxylation sites is 1. The van der Waals surface area contributed by atoms with Gasteiger partial charge in [0.25, 0.3) is 0 Å². The van der Waals surface area contributed by atoms with Gasteiger partial charge in [-0.15, -0.1) is 0 Å². The third-order valence-electron chi connectivity index (χ3n) is 4.07. The summed E-state index contributed by atoms with van der Waals surface area (Å²) < 4.78 is 10.7. The quantitative estimate of drug-likeness (QED) is 0.721. The molecule has 0 aliphatic heterocycles. The first kappa shape index (κ1) is 20.8. The number of carbonyl (C=O) groups excluding carboxylic acids is 2. The van der Waals surface area contributed by atoms with Crippen molar-refractivity contribution >= 4 is 17.5 Å². The van der Waals surface area contributed by atoms with Gasteiger partial charge in [-0.25, -0.2) is 0 Å². The summed E-state index contributed by atoms with van der Waals surface area (Å²) in [5.74, 6) is 1.02. The smallest absolute Gasteiger partial charge is 0.226 e. The summed E-state index contributed by atoms with van der Waals surface area (Å²) in [6.07, 6.45) is 0.127. The molecule has 0 bridgehead atoms. The topological polar surface area (TPSA) is 91.7 Å². The average molecular weight is 381 g/mol. The second-order valence-electron chi connectivity index (χ2n) is 5.99. The van der Waals surface area contributed by atoms with Gasteiger partial charge in [0.15, 0.2) is 0 Å². The zero-order chi connectivity index (χ0) is 20.4. The molecule has 28 heavy (non-hydrogen) atoms. The van der Waals surface area contributed by atoms with E-state index in [1.807, 2.05) is 6.07 Å². The van der Waals surface area contributed by atoms with Crippen LogP contribution in [0.3, 0.4) is 0 Å². The molecule has 7 heteroatoms. The predicted octanol–water partition coefficient (Wildman–Crippen LogP) is 2.82. The lowest BCUT2D eigenvalue weighted by atomic mass is 10.2. The van der Waals surface area contributed by atoms with Crippen molar-refractivity contribution in [2.45, 2.75) is 13.3 Å². The Bertz CT molecular complexity index is 843. The highest BCUT2D eigenvalue weighted by Gasteiger charge is 2.12. The van der Waals surface area contributed by atoms with Crippen LogP contribution < -0.4 is 14.8 Å². The molecule has 0 heterocycles. The van der Waals surface area contributed by atoms with Crippen molar-refractivity contribution < 1.29 is 19.1 Å². The molecule has 0 saturated heterocycles. The summed E-state index contributed by atoms with van der Waals surface area (Å²) in [5, 5.41) is 11.8. The van der Waals surface area contributed by atoms with E-state index >= 15 is 0 Å². The van der Waals surface area contributed by atoms with Crippen molar-refractivity contribution in [2.24, 2.45) is 0 Å². The van der Waals surface area contributed by atoms with Crippen molar-refractivity contribution in [1.82, 2.24) is 4.90 Å². The van der Waals surface area contributed by atoms with Gasteiger partial charge < -0.3 is 19.7 Å². The maximum atomic E-state index is 12.2. The molecule has 0 fully saturated rings. The fourth-order valence-corrected chi connectivity index (χ4v) is 2.51. The minimum atomic E-state index is -0.259. The van der Waals surface area contributed by atoms with Crippen molar-refractivity contribution in [3.63, 3.8) is 0 Å². The largest absolute Gasteiger partial charge is 0.497 e. The van der Waals surface area contributed by atoms with Crippen LogP contribution >= 0.6 is 0 Å². The Kier molecular flexibility index (Phi) is 7.85. The molecule has 146 valence electrons. The summed E-state index contributed by atoms with van der Waals surface area (Å²) in [4.78, 5) is 25.5. The normalized spacial score (nSPS) is 9.89. The lowest BCUT2D eigenvalue weighted by Gasteiger charge is -2.21. The molecule has 0 atom stereocenters. The minimum Gasteiger partial charge on any atom is -0.497 e. The van der Waals surface area contributed by atoms with E-state index in [-0.39, 0.29) is 24.8 Å². The van der Waals surface area contributed by atoms with Crippen LogP contribution in [0.15, 0.2) is 48.5 Å². The molecule has 0 aromatic heterocycles. The number of ether oxygens (including phenoxy) is 2. The van der Waals surface area contributed by atoms with Gasteiger partial charge in [0.1, 0.15) is 24.2 Å². The van der Waals surface area contributed by atoms with Crippen LogP contribution in [-0.4, -0.2) is 43.5 Å². The van der Waals surface area contributed by atoms with E-state index in [9.17, 15) is 9.59 Å². The first-order valence-corrected chi connectivity index (χ1v) is 8.85. The number of benzene rings is 2. The summed E-state index contributed by atoms with van der Waals surface area (Å²) in [5.41, 5.74) is 0.861. The van der Waals surface area contributed by atoms with E-state index in [1.165, 1.54) is 6.92 Å². The predicted molar refractivity (Wildman–Crippen MR) is 105 cm³/mol. The van der Waals surface area contributed by atoms with Crippen LogP contribution in [0.25, 0.3) is 0 Å². The summed E-state index contributed by atoms with van der Waals surface area (Å²) >= 11 is 0. The molecule has 0 radical (unpaired) electrons. The van der Waals surface area contributed by atoms with Crippen LogP contribution in [0.1, 0.15) is 18.9 Å². The van der Waals surface area contributed by atoms with E-state index in [4.69, 9.17) is 14.7 Å². The third kappa shape index (κ3) is 6.32. The molecule has 2 amide bonds. The molecule has 0 unspecified atom stereocenters. The Morgan fingerprint density at radius 2 is 1.75 bits per heavy atom. The van der Waals surface area contributed by atoms with E-state index in [0.29, 0.717) is 30.2 Å². The van der Waals surface area contributed by atoms with Crippen molar-refractivity contribution in [2.75, 3.05) is 32.1 Å². The van der Waals surface area contributed by atoms with Crippen molar-refractivity contribution in [3.8, 4) is 17.6 Å². The molecule has 2 rings (SSSR count). The van der Waals surface area contributed by atoms with Crippen LogP contribution in [0.4, 0.5) is 5.69 Å². The highest BCUT2D eigenvalue weighted by atomic mass is 16.5. The Labute approximate surface area is 164 Å². The standard InChI is InChI=1S/C21H23N3O4/c1-16(25)24(13-14-28-19-9-7-18(27-2)8-10-19)12-11-21(26)23-20-6-4-3-5-17(20)15-22/h3-10H,11-14H2,1-2H3,(H,23,26). The summed E-state index contributed by atoms with van der Waals surface area (Å²) in [7, 11) is 1.59. The molecule has 7 nitrogen and oxygen atoms in total. The summed E-state index contributed by atoms with van der Waals surface area (Å²) in [6.45, 7) is 2.40. The van der Waals surface area contributed by atoms with E-state index < -0.39 is 0 Å².